The number of hydrogen-bond acceptors (Lipinski definition) is 3. The lowest BCUT2D eigenvalue weighted by atomic mass is 9.99. The summed E-state index contributed by atoms with van der Waals surface area (Å²) in [4.78, 5) is 0. The standard InChI is InChI=1S/C15H33N3O2S/c1-6-13(4)14(5)17-21(19,20)18-9-7-8-15(11-18)10-16-12(2)3/h12-17H,6-11H2,1-5H3. The molecule has 2 N–H and O–H groups in total. The van der Waals surface area contributed by atoms with Crippen molar-refractivity contribution in [1.82, 2.24) is 14.3 Å². The summed E-state index contributed by atoms with van der Waals surface area (Å²) in [7, 11) is -3.35. The maximum atomic E-state index is 12.5. The molecule has 0 aromatic heterocycles. The van der Waals surface area contributed by atoms with Crippen molar-refractivity contribution in [1.29, 1.82) is 0 Å². The first kappa shape index (κ1) is 18.9. The zero-order chi connectivity index (χ0) is 16.0. The summed E-state index contributed by atoms with van der Waals surface area (Å²) in [5.41, 5.74) is 0. The Bertz CT molecular complexity index is 398. The number of hydrogen-bond donors (Lipinski definition) is 2. The molecule has 0 radical (unpaired) electrons. The summed E-state index contributed by atoms with van der Waals surface area (Å²) in [6, 6.07) is 0.426. The molecule has 6 heteroatoms. The van der Waals surface area contributed by atoms with Crippen LogP contribution in [-0.2, 0) is 10.2 Å². The lowest BCUT2D eigenvalue weighted by Crippen LogP contribution is -2.51. The number of rotatable bonds is 8. The summed E-state index contributed by atoms with van der Waals surface area (Å²) in [6.45, 7) is 12.5. The molecule has 1 saturated heterocycles. The Kier molecular flexibility index (Phi) is 7.60. The highest BCUT2D eigenvalue weighted by molar-refractivity contribution is 7.87. The molecule has 1 aliphatic heterocycles. The fourth-order valence-corrected chi connectivity index (χ4v) is 4.22. The summed E-state index contributed by atoms with van der Waals surface area (Å²) in [5.74, 6) is 0.764. The third-order valence-electron chi connectivity index (χ3n) is 4.47. The van der Waals surface area contributed by atoms with Crippen molar-refractivity contribution < 1.29 is 8.42 Å². The number of nitrogens with zero attached hydrogens (tertiary/aromatic N) is 1. The topological polar surface area (TPSA) is 61.4 Å². The van der Waals surface area contributed by atoms with E-state index < -0.39 is 10.2 Å². The molecule has 0 aromatic carbocycles. The van der Waals surface area contributed by atoms with E-state index in [1.165, 1.54) is 0 Å². The minimum Gasteiger partial charge on any atom is -0.314 e. The van der Waals surface area contributed by atoms with Crippen LogP contribution in [0.25, 0.3) is 0 Å². The van der Waals surface area contributed by atoms with E-state index in [0.717, 1.165) is 25.8 Å². The highest BCUT2D eigenvalue weighted by Crippen LogP contribution is 2.19. The average Bonchev–Trinajstić information content (AvgIpc) is 2.44. The van der Waals surface area contributed by atoms with Crippen LogP contribution in [-0.4, -0.2) is 44.4 Å². The molecule has 5 nitrogen and oxygen atoms in total. The first-order chi connectivity index (χ1) is 9.76. The summed E-state index contributed by atoms with van der Waals surface area (Å²) in [5, 5.41) is 3.41. The van der Waals surface area contributed by atoms with Crippen molar-refractivity contribution in [3.63, 3.8) is 0 Å². The molecule has 3 atom stereocenters. The van der Waals surface area contributed by atoms with Gasteiger partial charge in [-0.25, -0.2) is 0 Å². The molecule has 126 valence electrons. The van der Waals surface area contributed by atoms with E-state index in [1.807, 2.05) is 6.92 Å². The van der Waals surface area contributed by atoms with Crippen LogP contribution in [0.15, 0.2) is 0 Å². The minimum absolute atomic E-state index is 0.0193. The molecular weight excluding hydrogens is 286 g/mol. The zero-order valence-corrected chi connectivity index (χ0v) is 15.0. The fourth-order valence-electron chi connectivity index (χ4n) is 2.59. The third-order valence-corrected chi connectivity index (χ3v) is 6.15. The van der Waals surface area contributed by atoms with Crippen molar-refractivity contribution in [2.24, 2.45) is 11.8 Å². The summed E-state index contributed by atoms with van der Waals surface area (Å²) < 4.78 is 29.5. The van der Waals surface area contributed by atoms with E-state index in [2.05, 4.69) is 37.7 Å². The van der Waals surface area contributed by atoms with Gasteiger partial charge in [0, 0.05) is 25.2 Å². The average molecular weight is 320 g/mol. The fraction of sp³-hybridized carbons (Fsp3) is 1.00. The Morgan fingerprint density at radius 1 is 1.24 bits per heavy atom. The SMILES string of the molecule is CCC(C)C(C)NS(=O)(=O)N1CCCC(CNC(C)C)C1. The van der Waals surface area contributed by atoms with E-state index in [0.29, 0.717) is 31.0 Å². The Balaban J connectivity index is 2.57. The van der Waals surface area contributed by atoms with Crippen LogP contribution in [0, 0.1) is 11.8 Å². The first-order valence-electron chi connectivity index (χ1n) is 8.27. The molecule has 0 spiro atoms. The van der Waals surface area contributed by atoms with Crippen molar-refractivity contribution in [3.8, 4) is 0 Å². The number of piperidine rings is 1. The van der Waals surface area contributed by atoms with Crippen LogP contribution in [0.2, 0.25) is 0 Å². The van der Waals surface area contributed by atoms with Crippen LogP contribution in [0.1, 0.15) is 53.9 Å². The second kappa shape index (κ2) is 8.46. The predicted molar refractivity (Wildman–Crippen MR) is 88.4 cm³/mol. The van der Waals surface area contributed by atoms with Crippen LogP contribution in [0.3, 0.4) is 0 Å². The lowest BCUT2D eigenvalue weighted by molar-refractivity contribution is 0.251. The van der Waals surface area contributed by atoms with Gasteiger partial charge in [-0.05, 0) is 38.1 Å². The molecule has 1 aliphatic rings. The number of nitrogens with one attached hydrogen (secondary N) is 2. The molecule has 21 heavy (non-hydrogen) atoms. The monoisotopic (exact) mass is 319 g/mol. The van der Waals surface area contributed by atoms with Crippen molar-refractivity contribution >= 4 is 10.2 Å². The van der Waals surface area contributed by atoms with Crippen molar-refractivity contribution in [2.45, 2.75) is 66.0 Å². The van der Waals surface area contributed by atoms with Crippen molar-refractivity contribution in [3.05, 3.63) is 0 Å². The lowest BCUT2D eigenvalue weighted by Gasteiger charge is -2.33. The molecule has 0 bridgehead atoms. The minimum atomic E-state index is -3.35. The Morgan fingerprint density at radius 3 is 2.48 bits per heavy atom. The van der Waals surface area contributed by atoms with Gasteiger partial charge in [-0.1, -0.05) is 34.1 Å². The zero-order valence-electron chi connectivity index (χ0n) is 14.2. The third kappa shape index (κ3) is 6.22. The molecule has 0 saturated carbocycles. The largest absolute Gasteiger partial charge is 0.314 e. The van der Waals surface area contributed by atoms with Gasteiger partial charge in [0.15, 0.2) is 0 Å². The first-order valence-corrected chi connectivity index (χ1v) is 9.71. The Hall–Kier alpha value is -0.170. The highest BCUT2D eigenvalue weighted by atomic mass is 32.2. The highest BCUT2D eigenvalue weighted by Gasteiger charge is 2.30. The molecule has 0 aromatic rings. The smallest absolute Gasteiger partial charge is 0.279 e. The maximum Gasteiger partial charge on any atom is 0.279 e. The Labute approximate surface area is 131 Å². The van der Waals surface area contributed by atoms with E-state index in [-0.39, 0.29) is 6.04 Å². The quantitative estimate of drug-likeness (QED) is 0.719. The van der Waals surface area contributed by atoms with E-state index in [4.69, 9.17) is 0 Å². The van der Waals surface area contributed by atoms with E-state index in [9.17, 15) is 8.42 Å². The molecule has 1 fully saturated rings. The second-order valence-electron chi connectivity index (χ2n) is 6.73. The van der Waals surface area contributed by atoms with Gasteiger partial charge < -0.3 is 5.32 Å². The van der Waals surface area contributed by atoms with Gasteiger partial charge in [-0.2, -0.15) is 17.4 Å². The second-order valence-corrected chi connectivity index (χ2v) is 8.43. The predicted octanol–water partition coefficient (Wildman–Crippen LogP) is 1.97. The van der Waals surface area contributed by atoms with Gasteiger partial charge in [0.05, 0.1) is 0 Å². The molecular formula is C15H33N3O2S. The molecule has 0 amide bonds. The molecule has 0 aliphatic carbocycles. The van der Waals surface area contributed by atoms with Gasteiger partial charge in [0.2, 0.25) is 0 Å². The normalized spacial score (nSPS) is 24.2. The van der Waals surface area contributed by atoms with E-state index >= 15 is 0 Å². The van der Waals surface area contributed by atoms with E-state index in [1.54, 1.807) is 4.31 Å². The van der Waals surface area contributed by atoms with Crippen LogP contribution >= 0.6 is 0 Å². The van der Waals surface area contributed by atoms with Crippen molar-refractivity contribution in [2.75, 3.05) is 19.6 Å². The molecule has 1 rings (SSSR count). The molecule has 3 unspecified atom stereocenters. The van der Waals surface area contributed by atoms with Gasteiger partial charge in [0.25, 0.3) is 10.2 Å². The van der Waals surface area contributed by atoms with Crippen LogP contribution in [0.4, 0.5) is 0 Å². The summed E-state index contributed by atoms with van der Waals surface area (Å²) in [6.07, 6.45) is 3.03. The van der Waals surface area contributed by atoms with Crippen LogP contribution < -0.4 is 10.0 Å². The maximum absolute atomic E-state index is 12.5. The van der Waals surface area contributed by atoms with Gasteiger partial charge in [-0.15, -0.1) is 0 Å². The van der Waals surface area contributed by atoms with Crippen LogP contribution in [0.5, 0.6) is 0 Å². The van der Waals surface area contributed by atoms with Gasteiger partial charge >= 0.3 is 0 Å². The van der Waals surface area contributed by atoms with Gasteiger partial charge in [-0.3, -0.25) is 0 Å². The van der Waals surface area contributed by atoms with Gasteiger partial charge in [0.1, 0.15) is 0 Å². The Morgan fingerprint density at radius 2 is 1.90 bits per heavy atom. The summed E-state index contributed by atoms with van der Waals surface area (Å²) >= 11 is 0. The molecule has 1 heterocycles.